The summed E-state index contributed by atoms with van der Waals surface area (Å²) in [5.41, 5.74) is 2.89. The Morgan fingerprint density at radius 1 is 1.05 bits per heavy atom. The van der Waals surface area contributed by atoms with E-state index in [-0.39, 0.29) is 17.7 Å². The number of nitrogens with one attached hydrogen (secondary N) is 1. The molecule has 0 bridgehead atoms. The zero-order valence-electron chi connectivity index (χ0n) is 20.8. The molecule has 6 N–H and O–H groups in total. The van der Waals surface area contributed by atoms with Gasteiger partial charge >= 0.3 is 0 Å². The van der Waals surface area contributed by atoms with Crippen molar-refractivity contribution in [2.75, 3.05) is 0 Å². The van der Waals surface area contributed by atoms with E-state index in [0.717, 1.165) is 0 Å². The minimum Gasteiger partial charge on any atom is -0.507 e. The fourth-order valence-electron chi connectivity index (χ4n) is 6.41. The second-order valence-electron chi connectivity index (χ2n) is 10.4. The smallest absolute Gasteiger partial charge is 0.251 e. The van der Waals surface area contributed by atoms with Crippen LogP contribution in [0.4, 0.5) is 0 Å². The van der Waals surface area contributed by atoms with Crippen molar-refractivity contribution < 1.29 is 44.1 Å². The molecular weight excluding hydrogens is 508 g/mol. The fourth-order valence-corrected chi connectivity index (χ4v) is 6.41. The first kappa shape index (κ1) is 26.4. The molecule has 5 rings (SSSR count). The summed E-state index contributed by atoms with van der Waals surface area (Å²) in [5.74, 6) is -13.9. The zero-order valence-corrected chi connectivity index (χ0v) is 20.8. The monoisotopic (exact) mass is 534 g/mol. The highest BCUT2D eigenvalue weighted by Gasteiger charge is 2.69. The Morgan fingerprint density at radius 3 is 2.36 bits per heavy atom. The molecule has 3 aliphatic rings. The van der Waals surface area contributed by atoms with Gasteiger partial charge in [-0.1, -0.05) is 37.3 Å². The number of ketones is 4. The summed E-state index contributed by atoms with van der Waals surface area (Å²) in [7, 11) is 0. The van der Waals surface area contributed by atoms with E-state index in [4.69, 9.17) is 5.73 Å². The third-order valence-electron chi connectivity index (χ3n) is 8.42. The molecule has 7 atom stereocenters. The van der Waals surface area contributed by atoms with Gasteiger partial charge in [-0.2, -0.15) is 0 Å². The standard InChI is InChI=1S/C28H26N2O9/c1-11-14-8-7-13(10-30-27(38)12-5-3-2-4-6-12)21(32)18(14)23(34)20-17(11)22(33)15-9-16(31)19(26(29)37)24(35)28(15,39)25(20)36/h2-8,11,15,17,19-20,22,32-33,39H,9-10H2,1H3,(H2,29,37)(H,30,38)/t11-,15+,17+,19?,20?,22+,28+/m0/s1. The Hall–Kier alpha value is -4.22. The van der Waals surface area contributed by atoms with Gasteiger partial charge < -0.3 is 26.4 Å². The summed E-state index contributed by atoms with van der Waals surface area (Å²) in [6.07, 6.45) is -2.27. The van der Waals surface area contributed by atoms with E-state index in [9.17, 15) is 44.1 Å². The lowest BCUT2D eigenvalue weighted by Gasteiger charge is -2.52. The third kappa shape index (κ3) is 3.72. The summed E-state index contributed by atoms with van der Waals surface area (Å²) in [4.78, 5) is 77.2. The first-order valence-electron chi connectivity index (χ1n) is 12.4. The molecule has 3 aliphatic carbocycles. The van der Waals surface area contributed by atoms with Crippen LogP contribution in [0, 0.1) is 23.7 Å². The van der Waals surface area contributed by atoms with Crippen molar-refractivity contribution in [1.29, 1.82) is 0 Å². The highest BCUT2D eigenvalue weighted by atomic mass is 16.3. The molecule has 0 aromatic heterocycles. The van der Waals surface area contributed by atoms with Crippen LogP contribution in [0.2, 0.25) is 0 Å². The van der Waals surface area contributed by atoms with Crippen LogP contribution < -0.4 is 11.1 Å². The number of hydrogen-bond acceptors (Lipinski definition) is 9. The van der Waals surface area contributed by atoms with Crippen molar-refractivity contribution in [3.8, 4) is 5.75 Å². The van der Waals surface area contributed by atoms with E-state index in [1.54, 1.807) is 43.3 Å². The van der Waals surface area contributed by atoms with Crippen LogP contribution in [0.5, 0.6) is 5.75 Å². The summed E-state index contributed by atoms with van der Waals surface area (Å²) >= 11 is 0. The van der Waals surface area contributed by atoms with Crippen molar-refractivity contribution in [3.63, 3.8) is 0 Å². The van der Waals surface area contributed by atoms with Crippen molar-refractivity contribution in [2.45, 2.75) is 37.5 Å². The average Bonchev–Trinajstić information content (AvgIpc) is 2.90. The first-order valence-corrected chi connectivity index (χ1v) is 12.4. The molecule has 39 heavy (non-hydrogen) atoms. The van der Waals surface area contributed by atoms with Gasteiger partial charge in [-0.15, -0.1) is 0 Å². The number of carbonyl (C=O) groups is 6. The molecule has 11 nitrogen and oxygen atoms in total. The predicted molar refractivity (Wildman–Crippen MR) is 132 cm³/mol. The highest BCUT2D eigenvalue weighted by Crippen LogP contribution is 2.54. The van der Waals surface area contributed by atoms with Crippen LogP contribution in [0.15, 0.2) is 42.5 Å². The fraction of sp³-hybridized carbons (Fsp3) is 0.357. The number of nitrogens with two attached hydrogens (primary N) is 1. The molecule has 11 heteroatoms. The summed E-state index contributed by atoms with van der Waals surface area (Å²) in [5, 5.41) is 36.3. The molecule has 202 valence electrons. The normalized spacial score (nSPS) is 31.7. The first-order chi connectivity index (χ1) is 18.4. The third-order valence-corrected chi connectivity index (χ3v) is 8.42. The molecule has 2 unspecified atom stereocenters. The van der Waals surface area contributed by atoms with Crippen LogP contribution in [0.25, 0.3) is 0 Å². The van der Waals surface area contributed by atoms with Gasteiger partial charge in [0, 0.05) is 35.9 Å². The number of amides is 2. The maximum atomic E-state index is 13.7. The van der Waals surface area contributed by atoms with Crippen LogP contribution in [0.3, 0.4) is 0 Å². The summed E-state index contributed by atoms with van der Waals surface area (Å²) in [6, 6.07) is 11.4. The van der Waals surface area contributed by atoms with Gasteiger partial charge in [0.1, 0.15) is 5.75 Å². The van der Waals surface area contributed by atoms with Gasteiger partial charge in [-0.25, -0.2) is 0 Å². The van der Waals surface area contributed by atoms with Crippen LogP contribution in [-0.4, -0.2) is 62.0 Å². The minimum absolute atomic E-state index is 0.147. The zero-order chi connectivity index (χ0) is 28.4. The summed E-state index contributed by atoms with van der Waals surface area (Å²) < 4.78 is 0. The predicted octanol–water partition coefficient (Wildman–Crippen LogP) is -0.211. The van der Waals surface area contributed by atoms with Crippen molar-refractivity contribution in [2.24, 2.45) is 29.4 Å². The second kappa shape index (κ2) is 9.21. The lowest BCUT2D eigenvalue weighted by Crippen LogP contribution is -2.72. The molecular formula is C28H26N2O9. The maximum Gasteiger partial charge on any atom is 0.251 e. The summed E-state index contributed by atoms with van der Waals surface area (Å²) in [6.45, 7) is 1.48. The van der Waals surface area contributed by atoms with Gasteiger partial charge in [0.05, 0.1) is 17.6 Å². The number of phenolic OH excluding ortho intramolecular Hbond substituents is 1. The van der Waals surface area contributed by atoms with Gasteiger partial charge in [0.15, 0.2) is 34.7 Å². The number of rotatable bonds is 4. The second-order valence-corrected chi connectivity index (χ2v) is 10.4. The van der Waals surface area contributed by atoms with E-state index in [0.29, 0.717) is 11.1 Å². The number of carbonyl (C=O) groups excluding carboxylic acids is 6. The number of fused-ring (bicyclic) bond motifs is 3. The number of hydrogen-bond donors (Lipinski definition) is 5. The number of primary amides is 1. The topological polar surface area (TPSA) is 201 Å². The van der Waals surface area contributed by atoms with Gasteiger partial charge in [0.25, 0.3) is 5.91 Å². The van der Waals surface area contributed by atoms with E-state index in [2.05, 4.69) is 5.32 Å². The number of aliphatic hydroxyl groups is 2. The number of aromatic hydroxyl groups is 1. The number of aliphatic hydroxyl groups excluding tert-OH is 1. The number of benzene rings is 2. The van der Waals surface area contributed by atoms with Gasteiger partial charge in [-0.3, -0.25) is 28.8 Å². The molecule has 2 aromatic carbocycles. The van der Waals surface area contributed by atoms with E-state index < -0.39 is 88.4 Å². The van der Waals surface area contributed by atoms with Crippen LogP contribution >= 0.6 is 0 Å². The van der Waals surface area contributed by atoms with E-state index in [1.165, 1.54) is 6.07 Å². The Labute approximate surface area is 222 Å². The number of Topliss-reactive ketones (excluding diaryl/α,β-unsaturated/α-hetero) is 4. The van der Waals surface area contributed by atoms with Crippen molar-refractivity contribution in [3.05, 3.63) is 64.7 Å². The van der Waals surface area contributed by atoms with Gasteiger partial charge in [-0.05, 0) is 23.6 Å². The van der Waals surface area contributed by atoms with Crippen LogP contribution in [-0.2, 0) is 25.7 Å². The molecule has 2 aromatic rings. The van der Waals surface area contributed by atoms with E-state index >= 15 is 0 Å². The van der Waals surface area contributed by atoms with Crippen molar-refractivity contribution in [1.82, 2.24) is 5.32 Å². The Balaban J connectivity index is 1.52. The molecule has 2 amide bonds. The molecule has 0 aliphatic heterocycles. The SMILES string of the molecule is C[C@H]1c2ccc(CNC(=O)c3ccccc3)c(O)c2C(=O)C2C(=O)[C@]3(O)C(=O)C(C(N)=O)C(=O)C[C@@H]3[C@@H](O)[C@@H]21. The quantitative estimate of drug-likeness (QED) is 0.329. The number of phenols is 1. The van der Waals surface area contributed by atoms with E-state index in [1.807, 2.05) is 0 Å². The average molecular weight is 535 g/mol. The molecule has 0 heterocycles. The van der Waals surface area contributed by atoms with Gasteiger partial charge in [0.2, 0.25) is 5.91 Å². The minimum atomic E-state index is -2.97. The Morgan fingerprint density at radius 2 is 1.72 bits per heavy atom. The molecule has 0 saturated heterocycles. The molecule has 0 spiro atoms. The molecule has 2 saturated carbocycles. The van der Waals surface area contributed by atoms with Crippen LogP contribution in [0.1, 0.15) is 51.1 Å². The molecule has 0 radical (unpaired) electrons. The maximum absolute atomic E-state index is 13.7. The lowest BCUT2D eigenvalue weighted by molar-refractivity contribution is -0.189. The molecule has 2 fully saturated rings. The highest BCUT2D eigenvalue weighted by molar-refractivity contribution is 6.31. The Kier molecular flexibility index (Phi) is 6.23. The van der Waals surface area contributed by atoms with Crippen molar-refractivity contribution >= 4 is 34.9 Å². The Bertz CT molecular complexity index is 1450. The largest absolute Gasteiger partial charge is 0.507 e. The lowest BCUT2D eigenvalue weighted by atomic mass is 9.50.